The van der Waals surface area contributed by atoms with Crippen molar-refractivity contribution in [2.45, 2.75) is 70.6 Å². The molecule has 0 rings (SSSR count). The quantitative estimate of drug-likeness (QED) is 0.221. The number of terminal acetylenes is 1. The van der Waals surface area contributed by atoms with E-state index in [2.05, 4.69) is 5.92 Å². The van der Waals surface area contributed by atoms with Crippen LogP contribution in [-0.2, 0) is 14.3 Å². The third kappa shape index (κ3) is 14.6. The molecule has 3 heteroatoms. The molecule has 0 unspecified atom stereocenters. The van der Waals surface area contributed by atoms with E-state index in [9.17, 15) is 9.59 Å². The minimum absolute atomic E-state index is 0.187. The predicted octanol–water partition coefficient (Wildman–Crippen LogP) is 3.65. The molecule has 3 nitrogen and oxygen atoms in total. The first-order valence-corrected chi connectivity index (χ1v) is 7.34. The summed E-state index contributed by atoms with van der Waals surface area (Å²) in [5.41, 5.74) is 0. The zero-order valence-corrected chi connectivity index (χ0v) is 11.9. The van der Waals surface area contributed by atoms with Gasteiger partial charge in [-0.25, -0.2) is 0 Å². The maximum atomic E-state index is 11.1. The highest BCUT2D eigenvalue weighted by Crippen LogP contribution is 2.09. The number of carbonyl (C=O) groups excluding carboxylic acids is 2. The Morgan fingerprint density at radius 2 is 1.58 bits per heavy atom. The first kappa shape index (κ1) is 17.7. The van der Waals surface area contributed by atoms with E-state index in [-0.39, 0.29) is 5.97 Å². The van der Waals surface area contributed by atoms with E-state index in [1.807, 2.05) is 0 Å². The molecule has 0 saturated heterocycles. The molecule has 0 radical (unpaired) electrons. The fourth-order valence-corrected chi connectivity index (χ4v) is 1.82. The molecule has 0 aliphatic carbocycles. The molecular formula is C16H26O3. The molecule has 0 aromatic carbocycles. The fraction of sp³-hybridized carbons (Fsp3) is 0.750. The van der Waals surface area contributed by atoms with Gasteiger partial charge in [0.15, 0.2) is 0 Å². The van der Waals surface area contributed by atoms with Gasteiger partial charge < -0.3 is 9.53 Å². The molecule has 0 N–H and O–H groups in total. The summed E-state index contributed by atoms with van der Waals surface area (Å²) < 4.78 is 5.05. The lowest BCUT2D eigenvalue weighted by atomic mass is 10.1. The van der Waals surface area contributed by atoms with Crippen LogP contribution in [0.1, 0.15) is 70.6 Å². The molecule has 0 fully saturated rings. The summed E-state index contributed by atoms with van der Waals surface area (Å²) >= 11 is 0. The second kappa shape index (κ2) is 14.8. The van der Waals surface area contributed by atoms with E-state index in [1.165, 1.54) is 25.7 Å². The molecule has 0 aromatic rings. The molecule has 0 aliphatic heterocycles. The molecule has 0 aliphatic rings. The second-order valence-corrected chi connectivity index (χ2v) is 4.71. The summed E-state index contributed by atoms with van der Waals surface area (Å²) in [7, 11) is 0. The third-order valence-electron chi connectivity index (χ3n) is 2.95. The number of hydrogen-bond donors (Lipinski definition) is 0. The van der Waals surface area contributed by atoms with E-state index >= 15 is 0 Å². The minimum atomic E-state index is -0.187. The van der Waals surface area contributed by atoms with Gasteiger partial charge >= 0.3 is 5.97 Å². The molecular weight excluding hydrogens is 240 g/mol. The van der Waals surface area contributed by atoms with Gasteiger partial charge in [0.05, 0.1) is 13.0 Å². The van der Waals surface area contributed by atoms with Crippen LogP contribution < -0.4 is 0 Å². The lowest BCUT2D eigenvalue weighted by Gasteiger charge is -2.04. The van der Waals surface area contributed by atoms with E-state index in [4.69, 9.17) is 11.2 Å². The number of hydrogen-bond acceptors (Lipinski definition) is 3. The van der Waals surface area contributed by atoms with Crippen molar-refractivity contribution in [3.8, 4) is 12.3 Å². The second-order valence-electron chi connectivity index (χ2n) is 4.71. The van der Waals surface area contributed by atoms with Crippen molar-refractivity contribution in [2.75, 3.05) is 6.61 Å². The van der Waals surface area contributed by atoms with Gasteiger partial charge in [0.25, 0.3) is 0 Å². The van der Waals surface area contributed by atoms with Gasteiger partial charge in [0.2, 0.25) is 0 Å². The topological polar surface area (TPSA) is 43.4 Å². The smallest absolute Gasteiger partial charge is 0.306 e. The molecule has 0 spiro atoms. The monoisotopic (exact) mass is 266 g/mol. The lowest BCUT2D eigenvalue weighted by Crippen LogP contribution is -2.05. The van der Waals surface area contributed by atoms with Crippen LogP contribution in [0, 0.1) is 12.3 Å². The molecule has 19 heavy (non-hydrogen) atoms. The van der Waals surface area contributed by atoms with Crippen LogP contribution >= 0.6 is 0 Å². The Hall–Kier alpha value is -1.30. The van der Waals surface area contributed by atoms with Crippen LogP contribution in [0.5, 0.6) is 0 Å². The summed E-state index contributed by atoms with van der Waals surface area (Å²) in [4.78, 5) is 21.2. The Morgan fingerprint density at radius 1 is 1.00 bits per heavy atom. The number of carbonyl (C=O) groups is 2. The number of aldehydes is 1. The van der Waals surface area contributed by atoms with Crippen molar-refractivity contribution in [3.05, 3.63) is 0 Å². The number of unbranched alkanes of at least 4 members (excludes halogenated alkanes) is 8. The summed E-state index contributed by atoms with van der Waals surface area (Å²) in [6.07, 6.45) is 16.6. The zero-order valence-electron chi connectivity index (χ0n) is 11.9. The highest BCUT2D eigenvalue weighted by Gasteiger charge is 2.00. The van der Waals surface area contributed by atoms with E-state index < -0.39 is 0 Å². The average molecular weight is 266 g/mol. The third-order valence-corrected chi connectivity index (χ3v) is 2.95. The Bertz CT molecular complexity index is 266. The van der Waals surface area contributed by atoms with Crippen molar-refractivity contribution < 1.29 is 14.3 Å². The highest BCUT2D eigenvalue weighted by atomic mass is 16.5. The van der Waals surface area contributed by atoms with E-state index in [1.54, 1.807) is 0 Å². The summed E-state index contributed by atoms with van der Waals surface area (Å²) in [5, 5.41) is 0. The van der Waals surface area contributed by atoms with Gasteiger partial charge in [-0.05, 0) is 12.8 Å². The van der Waals surface area contributed by atoms with Gasteiger partial charge in [0, 0.05) is 12.8 Å². The predicted molar refractivity (Wildman–Crippen MR) is 76.6 cm³/mol. The standard InChI is InChI=1S/C16H26O3/c1-2-3-13-16(18)19-15-12-10-8-6-4-5-7-9-11-14-17/h1,14H,3-13,15H2. The van der Waals surface area contributed by atoms with Crippen LogP contribution in [0.4, 0.5) is 0 Å². The van der Waals surface area contributed by atoms with Gasteiger partial charge in [-0.15, -0.1) is 12.3 Å². The fourth-order valence-electron chi connectivity index (χ4n) is 1.82. The Balaban J connectivity index is 3.08. The Kier molecular flexibility index (Phi) is 13.7. The number of rotatable bonds is 13. The van der Waals surface area contributed by atoms with Crippen LogP contribution in [-0.4, -0.2) is 18.9 Å². The molecule has 0 heterocycles. The van der Waals surface area contributed by atoms with Crippen LogP contribution in [0.15, 0.2) is 0 Å². The molecule has 0 saturated carbocycles. The average Bonchev–Trinajstić information content (AvgIpc) is 2.42. The van der Waals surface area contributed by atoms with Crippen molar-refractivity contribution in [1.82, 2.24) is 0 Å². The minimum Gasteiger partial charge on any atom is -0.466 e. The van der Waals surface area contributed by atoms with Crippen molar-refractivity contribution in [1.29, 1.82) is 0 Å². The van der Waals surface area contributed by atoms with Crippen LogP contribution in [0.3, 0.4) is 0 Å². The van der Waals surface area contributed by atoms with Gasteiger partial charge in [-0.1, -0.05) is 38.5 Å². The van der Waals surface area contributed by atoms with Crippen LogP contribution in [0.25, 0.3) is 0 Å². The molecule has 0 aromatic heterocycles. The van der Waals surface area contributed by atoms with E-state index in [0.717, 1.165) is 32.0 Å². The Labute approximate surface area is 117 Å². The normalized spacial score (nSPS) is 9.84. The van der Waals surface area contributed by atoms with Crippen molar-refractivity contribution in [2.24, 2.45) is 0 Å². The maximum absolute atomic E-state index is 11.1. The largest absolute Gasteiger partial charge is 0.466 e. The molecule has 0 bridgehead atoms. The van der Waals surface area contributed by atoms with Gasteiger partial charge in [-0.2, -0.15) is 0 Å². The van der Waals surface area contributed by atoms with Crippen molar-refractivity contribution in [3.63, 3.8) is 0 Å². The summed E-state index contributed by atoms with van der Waals surface area (Å²) in [6.45, 7) is 0.517. The van der Waals surface area contributed by atoms with Crippen LogP contribution in [0.2, 0.25) is 0 Å². The molecule has 108 valence electrons. The van der Waals surface area contributed by atoms with Gasteiger partial charge in [0.1, 0.15) is 6.29 Å². The van der Waals surface area contributed by atoms with Crippen molar-refractivity contribution >= 4 is 12.3 Å². The first-order chi connectivity index (χ1) is 9.31. The zero-order chi connectivity index (χ0) is 14.2. The summed E-state index contributed by atoms with van der Waals surface area (Å²) in [5.74, 6) is 2.23. The summed E-state index contributed by atoms with van der Waals surface area (Å²) in [6, 6.07) is 0. The Morgan fingerprint density at radius 3 is 2.16 bits per heavy atom. The van der Waals surface area contributed by atoms with Gasteiger partial charge in [-0.3, -0.25) is 4.79 Å². The highest BCUT2D eigenvalue weighted by molar-refractivity contribution is 5.69. The maximum Gasteiger partial charge on any atom is 0.306 e. The first-order valence-electron chi connectivity index (χ1n) is 7.34. The SMILES string of the molecule is C#CCCC(=O)OCCCCCCCCCCC=O. The molecule has 0 amide bonds. The number of ether oxygens (including phenoxy) is 1. The molecule has 0 atom stereocenters. The number of esters is 1. The lowest BCUT2D eigenvalue weighted by molar-refractivity contribution is -0.143. The van der Waals surface area contributed by atoms with E-state index in [0.29, 0.717) is 25.9 Å².